The van der Waals surface area contributed by atoms with E-state index in [0.717, 1.165) is 22.2 Å². The molecule has 0 aromatic heterocycles. The summed E-state index contributed by atoms with van der Waals surface area (Å²) in [4.78, 5) is 25.0. The highest BCUT2D eigenvalue weighted by Crippen LogP contribution is 2.28. The third-order valence-electron chi connectivity index (χ3n) is 3.59. The van der Waals surface area contributed by atoms with Crippen molar-refractivity contribution in [2.45, 2.75) is 11.8 Å². The highest BCUT2D eigenvalue weighted by molar-refractivity contribution is 8.03. The average molecular weight is 386 g/mol. The van der Waals surface area contributed by atoms with E-state index in [4.69, 9.17) is 19.5 Å². The normalized spacial score (nSPS) is 9.85. The van der Waals surface area contributed by atoms with Crippen LogP contribution in [0.2, 0.25) is 0 Å². The minimum atomic E-state index is -0.649. The third kappa shape index (κ3) is 5.39. The first-order valence-corrected chi connectivity index (χ1v) is 8.65. The molecule has 8 heteroatoms. The number of benzene rings is 2. The molecule has 0 fully saturated rings. The fraction of sp³-hybridized carbons (Fsp3) is 0.211. The van der Waals surface area contributed by atoms with Crippen molar-refractivity contribution in [3.8, 4) is 16.9 Å². The van der Waals surface area contributed by atoms with Crippen LogP contribution in [0.15, 0.2) is 41.3 Å². The van der Waals surface area contributed by atoms with Gasteiger partial charge in [-0.1, -0.05) is 0 Å². The zero-order valence-corrected chi connectivity index (χ0v) is 15.9. The van der Waals surface area contributed by atoms with E-state index in [2.05, 4.69) is 5.32 Å². The number of nitriles is 1. The van der Waals surface area contributed by atoms with E-state index in [0.29, 0.717) is 17.2 Å². The zero-order chi connectivity index (χ0) is 19.8. The number of thiocyanates is 1. The molecular weight excluding hydrogens is 368 g/mol. The number of carbonyl (C=O) groups excluding carboxylic acids is 2. The summed E-state index contributed by atoms with van der Waals surface area (Å²) >= 11 is 1.04. The van der Waals surface area contributed by atoms with Gasteiger partial charge < -0.3 is 19.5 Å². The topological polar surface area (TPSA) is 97.6 Å². The summed E-state index contributed by atoms with van der Waals surface area (Å²) < 4.78 is 15.3. The summed E-state index contributed by atoms with van der Waals surface area (Å²) in [6.45, 7) is 1.38. The lowest BCUT2D eigenvalue weighted by Gasteiger charge is -2.11. The number of esters is 1. The minimum Gasteiger partial charge on any atom is -0.493 e. The van der Waals surface area contributed by atoms with Gasteiger partial charge in [0.15, 0.2) is 18.1 Å². The molecule has 0 bridgehead atoms. The Balaban J connectivity index is 1.95. The lowest BCUT2D eigenvalue weighted by atomic mass is 10.2. The van der Waals surface area contributed by atoms with Crippen LogP contribution >= 0.6 is 11.8 Å². The molecule has 0 aliphatic heterocycles. The van der Waals surface area contributed by atoms with Crippen LogP contribution in [0.25, 0.3) is 0 Å². The van der Waals surface area contributed by atoms with Crippen LogP contribution in [-0.4, -0.2) is 32.7 Å². The number of nitrogens with one attached hydrogen (secondary N) is 1. The standard InChI is InChI=1S/C19H18N2O5S/c1-12-8-14(27-11-20)5-6-15(12)21-18(22)10-26-19(23)13-4-7-16(24-2)17(9-13)25-3/h4-9H,10H2,1-3H3,(H,21,22). The number of ether oxygens (including phenoxy) is 3. The second-order valence-electron chi connectivity index (χ2n) is 5.36. The summed E-state index contributed by atoms with van der Waals surface area (Å²) in [6.07, 6.45) is 0. The predicted octanol–water partition coefficient (Wildman–Crippen LogP) is 3.38. The number of hydrogen-bond acceptors (Lipinski definition) is 7. The molecule has 0 spiro atoms. The second-order valence-corrected chi connectivity index (χ2v) is 6.22. The highest BCUT2D eigenvalue weighted by Gasteiger charge is 2.14. The molecule has 0 unspecified atom stereocenters. The summed E-state index contributed by atoms with van der Waals surface area (Å²) in [5.41, 5.74) is 1.63. The van der Waals surface area contributed by atoms with Crippen LogP contribution in [-0.2, 0) is 9.53 Å². The molecular formula is C19H18N2O5S. The van der Waals surface area contributed by atoms with Crippen molar-refractivity contribution in [2.75, 3.05) is 26.1 Å². The molecule has 140 valence electrons. The Morgan fingerprint density at radius 1 is 1.11 bits per heavy atom. The van der Waals surface area contributed by atoms with Crippen LogP contribution in [0.5, 0.6) is 11.5 Å². The molecule has 0 radical (unpaired) electrons. The number of thioether (sulfide) groups is 1. The molecule has 27 heavy (non-hydrogen) atoms. The Morgan fingerprint density at radius 2 is 1.85 bits per heavy atom. The van der Waals surface area contributed by atoms with Gasteiger partial charge in [0.2, 0.25) is 0 Å². The largest absolute Gasteiger partial charge is 0.493 e. The molecule has 1 amide bonds. The Labute approximate surface area is 161 Å². The number of aryl methyl sites for hydroxylation is 1. The fourth-order valence-electron chi connectivity index (χ4n) is 2.26. The SMILES string of the molecule is COc1ccc(C(=O)OCC(=O)Nc2ccc(SC#N)cc2C)cc1OC. The van der Waals surface area contributed by atoms with Gasteiger partial charge in [-0.15, -0.1) is 0 Å². The van der Waals surface area contributed by atoms with E-state index in [1.165, 1.54) is 26.4 Å². The van der Waals surface area contributed by atoms with Gasteiger partial charge in [0.05, 0.1) is 19.8 Å². The quantitative estimate of drug-likeness (QED) is 0.442. The van der Waals surface area contributed by atoms with Crippen LogP contribution < -0.4 is 14.8 Å². The maximum absolute atomic E-state index is 12.1. The van der Waals surface area contributed by atoms with Gasteiger partial charge in [0.1, 0.15) is 5.40 Å². The first kappa shape index (κ1) is 20.1. The maximum Gasteiger partial charge on any atom is 0.338 e. The molecule has 0 aliphatic carbocycles. The summed E-state index contributed by atoms with van der Waals surface area (Å²) in [5.74, 6) is -0.237. The third-order valence-corrected chi connectivity index (χ3v) is 4.17. The van der Waals surface area contributed by atoms with Crippen molar-refractivity contribution < 1.29 is 23.8 Å². The van der Waals surface area contributed by atoms with Crippen molar-refractivity contribution in [3.05, 3.63) is 47.5 Å². The number of hydrogen-bond donors (Lipinski definition) is 1. The van der Waals surface area contributed by atoms with E-state index >= 15 is 0 Å². The summed E-state index contributed by atoms with van der Waals surface area (Å²) in [6, 6.07) is 9.81. The van der Waals surface area contributed by atoms with Crippen molar-refractivity contribution in [2.24, 2.45) is 0 Å². The molecule has 0 saturated carbocycles. The molecule has 2 aromatic carbocycles. The molecule has 0 saturated heterocycles. The summed E-state index contributed by atoms with van der Waals surface area (Å²) in [7, 11) is 2.96. The van der Waals surface area contributed by atoms with Gasteiger partial charge in [-0.2, -0.15) is 5.26 Å². The number of anilines is 1. The smallest absolute Gasteiger partial charge is 0.338 e. The van der Waals surface area contributed by atoms with E-state index in [9.17, 15) is 9.59 Å². The van der Waals surface area contributed by atoms with Gasteiger partial charge in [-0.05, 0) is 60.6 Å². The molecule has 0 heterocycles. The fourth-order valence-corrected chi connectivity index (χ4v) is 2.73. The van der Waals surface area contributed by atoms with Gasteiger partial charge >= 0.3 is 5.97 Å². The average Bonchev–Trinajstić information content (AvgIpc) is 2.67. The van der Waals surface area contributed by atoms with Gasteiger partial charge in [-0.25, -0.2) is 4.79 Å². The Hall–Kier alpha value is -3.18. The number of amides is 1. The van der Waals surface area contributed by atoms with E-state index < -0.39 is 18.5 Å². The predicted molar refractivity (Wildman–Crippen MR) is 101 cm³/mol. The Morgan fingerprint density at radius 3 is 2.48 bits per heavy atom. The molecule has 7 nitrogen and oxygen atoms in total. The monoisotopic (exact) mass is 386 g/mol. The number of methoxy groups -OCH3 is 2. The van der Waals surface area contributed by atoms with E-state index in [1.807, 2.05) is 12.3 Å². The molecule has 2 aromatic rings. The zero-order valence-electron chi connectivity index (χ0n) is 15.1. The first-order valence-electron chi connectivity index (χ1n) is 7.84. The number of nitrogens with zero attached hydrogens (tertiary/aromatic N) is 1. The van der Waals surface area contributed by atoms with Crippen LogP contribution in [0.4, 0.5) is 5.69 Å². The minimum absolute atomic E-state index is 0.245. The van der Waals surface area contributed by atoms with E-state index in [1.54, 1.807) is 24.3 Å². The van der Waals surface area contributed by atoms with Gasteiger partial charge in [0.25, 0.3) is 5.91 Å². The van der Waals surface area contributed by atoms with Crippen molar-refractivity contribution in [1.82, 2.24) is 0 Å². The molecule has 1 N–H and O–H groups in total. The maximum atomic E-state index is 12.1. The second kappa shape index (κ2) is 9.50. The number of rotatable bonds is 7. The Bertz CT molecular complexity index is 892. The summed E-state index contributed by atoms with van der Waals surface area (Å²) in [5, 5.41) is 13.3. The van der Waals surface area contributed by atoms with Crippen LogP contribution in [0.1, 0.15) is 15.9 Å². The Kier molecular flexibility index (Phi) is 7.08. The van der Waals surface area contributed by atoms with E-state index in [-0.39, 0.29) is 5.56 Å². The molecule has 2 rings (SSSR count). The number of carbonyl (C=O) groups is 2. The first-order chi connectivity index (χ1) is 13.0. The molecule has 0 aliphatic rings. The molecule has 0 atom stereocenters. The lowest BCUT2D eigenvalue weighted by molar-refractivity contribution is -0.119. The van der Waals surface area contributed by atoms with Crippen molar-refractivity contribution in [1.29, 1.82) is 5.26 Å². The van der Waals surface area contributed by atoms with Crippen molar-refractivity contribution in [3.63, 3.8) is 0 Å². The van der Waals surface area contributed by atoms with Crippen molar-refractivity contribution >= 4 is 29.3 Å². The van der Waals surface area contributed by atoms with Crippen LogP contribution in [0.3, 0.4) is 0 Å². The van der Waals surface area contributed by atoms with Gasteiger partial charge in [-0.3, -0.25) is 4.79 Å². The van der Waals surface area contributed by atoms with Crippen LogP contribution in [0, 0.1) is 17.6 Å². The lowest BCUT2D eigenvalue weighted by Crippen LogP contribution is -2.21. The highest BCUT2D eigenvalue weighted by atomic mass is 32.2. The van der Waals surface area contributed by atoms with Gasteiger partial charge in [0, 0.05) is 10.6 Å².